The lowest BCUT2D eigenvalue weighted by atomic mass is 10.4. The second kappa shape index (κ2) is 4.34. The largest absolute Gasteiger partial charge is 0.462 e. The summed E-state index contributed by atoms with van der Waals surface area (Å²) in [6.45, 7) is 3.56. The normalized spacial score (nSPS) is 17.9. The van der Waals surface area contributed by atoms with Crippen molar-refractivity contribution >= 4 is 11.6 Å². The Morgan fingerprint density at radius 1 is 1.43 bits per heavy atom. The van der Waals surface area contributed by atoms with Crippen molar-refractivity contribution in [2.45, 2.75) is 25.9 Å². The van der Waals surface area contributed by atoms with Gasteiger partial charge >= 0.3 is 0 Å². The molecule has 0 amide bonds. The first-order valence-electron chi connectivity index (χ1n) is 4.99. The van der Waals surface area contributed by atoms with Crippen LogP contribution in [0.25, 0.3) is 0 Å². The molecule has 78 valence electrons. The summed E-state index contributed by atoms with van der Waals surface area (Å²) >= 11 is 5.94. The molecule has 1 saturated heterocycles. The number of nitrogens with zero attached hydrogens (tertiary/aromatic N) is 1. The van der Waals surface area contributed by atoms with Gasteiger partial charge < -0.3 is 10.2 Å². The molecule has 1 aromatic rings. The van der Waals surface area contributed by atoms with Crippen molar-refractivity contribution in [1.29, 1.82) is 0 Å². The number of hydrogen-bond acceptors (Lipinski definition) is 3. The highest BCUT2D eigenvalue weighted by Crippen LogP contribution is 2.22. The minimum Gasteiger partial charge on any atom is -0.462 e. The van der Waals surface area contributed by atoms with Gasteiger partial charge in [0.1, 0.15) is 11.5 Å². The molecule has 0 radical (unpaired) electrons. The molecule has 0 atom stereocenters. The summed E-state index contributed by atoms with van der Waals surface area (Å²) in [5, 5.41) is 0.654. The van der Waals surface area contributed by atoms with E-state index in [9.17, 15) is 0 Å². The number of rotatable bonds is 3. The average Bonchev–Trinajstić information content (AvgIpc) is 2.76. The van der Waals surface area contributed by atoms with E-state index in [1.165, 1.54) is 12.8 Å². The van der Waals surface area contributed by atoms with Gasteiger partial charge in [-0.1, -0.05) is 11.6 Å². The predicted octanol–water partition coefficient (Wildman–Crippen LogP) is 1.99. The fraction of sp³-hybridized carbons (Fsp3) is 0.600. The number of furan rings is 1. The van der Waals surface area contributed by atoms with Crippen molar-refractivity contribution < 1.29 is 4.42 Å². The van der Waals surface area contributed by atoms with Gasteiger partial charge in [0.25, 0.3) is 0 Å². The second-order valence-electron chi connectivity index (χ2n) is 3.67. The van der Waals surface area contributed by atoms with Gasteiger partial charge in [0, 0.05) is 0 Å². The number of hydrogen-bond donors (Lipinski definition) is 1. The van der Waals surface area contributed by atoms with E-state index in [2.05, 4.69) is 4.90 Å². The third-order valence-corrected chi connectivity index (χ3v) is 2.89. The van der Waals surface area contributed by atoms with Crippen LogP contribution < -0.4 is 5.73 Å². The summed E-state index contributed by atoms with van der Waals surface area (Å²) in [4.78, 5) is 2.37. The van der Waals surface area contributed by atoms with E-state index in [4.69, 9.17) is 21.8 Å². The van der Waals surface area contributed by atoms with Crippen LogP contribution in [-0.4, -0.2) is 18.0 Å². The highest BCUT2D eigenvalue weighted by atomic mass is 35.5. The standard InChI is InChI=1S/C10H15ClN2O/c11-9-5-8(14-10(9)6-12)7-13-3-1-2-4-13/h5H,1-4,6-7,12H2. The molecule has 3 nitrogen and oxygen atoms in total. The smallest absolute Gasteiger partial charge is 0.136 e. The predicted molar refractivity (Wildman–Crippen MR) is 56.1 cm³/mol. The third-order valence-electron chi connectivity index (χ3n) is 2.57. The molecule has 1 aliphatic rings. The zero-order valence-electron chi connectivity index (χ0n) is 8.13. The van der Waals surface area contributed by atoms with Crippen LogP contribution in [0.3, 0.4) is 0 Å². The molecule has 0 saturated carbocycles. The van der Waals surface area contributed by atoms with Gasteiger partial charge in [-0.25, -0.2) is 0 Å². The van der Waals surface area contributed by atoms with Crippen LogP contribution in [0.4, 0.5) is 0 Å². The maximum Gasteiger partial charge on any atom is 0.136 e. The van der Waals surface area contributed by atoms with Crippen molar-refractivity contribution in [3.05, 3.63) is 22.6 Å². The first-order valence-corrected chi connectivity index (χ1v) is 5.37. The van der Waals surface area contributed by atoms with Crippen LogP contribution in [-0.2, 0) is 13.1 Å². The Kier molecular flexibility index (Phi) is 3.11. The van der Waals surface area contributed by atoms with E-state index in [1.54, 1.807) is 0 Å². The minimum absolute atomic E-state index is 0.374. The Labute approximate surface area is 88.8 Å². The highest BCUT2D eigenvalue weighted by Gasteiger charge is 2.15. The molecule has 14 heavy (non-hydrogen) atoms. The van der Waals surface area contributed by atoms with Crippen LogP contribution in [0.15, 0.2) is 10.5 Å². The quantitative estimate of drug-likeness (QED) is 0.837. The maximum atomic E-state index is 5.94. The van der Waals surface area contributed by atoms with Crippen LogP contribution >= 0.6 is 11.6 Å². The molecule has 1 aliphatic heterocycles. The maximum absolute atomic E-state index is 5.94. The van der Waals surface area contributed by atoms with Crippen molar-refractivity contribution in [1.82, 2.24) is 4.90 Å². The number of nitrogens with two attached hydrogens (primary N) is 1. The molecule has 0 bridgehead atoms. The molecule has 1 fully saturated rings. The summed E-state index contributed by atoms with van der Waals surface area (Å²) in [6, 6.07) is 1.88. The molecule has 1 aromatic heterocycles. The van der Waals surface area contributed by atoms with Gasteiger partial charge in [-0.15, -0.1) is 0 Å². The van der Waals surface area contributed by atoms with Crippen LogP contribution in [0.2, 0.25) is 5.02 Å². The van der Waals surface area contributed by atoms with E-state index in [0.717, 1.165) is 25.4 Å². The SMILES string of the molecule is NCc1oc(CN2CCCC2)cc1Cl. The molecular formula is C10H15ClN2O. The molecule has 2 N–H and O–H groups in total. The summed E-state index contributed by atoms with van der Waals surface area (Å²) < 4.78 is 5.53. The molecule has 4 heteroatoms. The summed E-state index contributed by atoms with van der Waals surface area (Å²) in [7, 11) is 0. The zero-order valence-corrected chi connectivity index (χ0v) is 8.89. The molecule has 2 heterocycles. The van der Waals surface area contributed by atoms with Crippen LogP contribution in [0.5, 0.6) is 0 Å². The first kappa shape index (κ1) is 10.0. The van der Waals surface area contributed by atoms with Crippen molar-refractivity contribution in [3.8, 4) is 0 Å². The summed E-state index contributed by atoms with van der Waals surface area (Å²) in [6.07, 6.45) is 2.58. The fourth-order valence-corrected chi connectivity index (χ4v) is 2.07. The van der Waals surface area contributed by atoms with Gasteiger partial charge in [0.05, 0.1) is 18.1 Å². The van der Waals surface area contributed by atoms with Gasteiger partial charge in [-0.2, -0.15) is 0 Å². The van der Waals surface area contributed by atoms with Crippen LogP contribution in [0, 0.1) is 0 Å². The molecule has 2 rings (SSSR count). The van der Waals surface area contributed by atoms with Crippen molar-refractivity contribution in [3.63, 3.8) is 0 Å². The molecule has 0 aliphatic carbocycles. The van der Waals surface area contributed by atoms with Gasteiger partial charge in [0.15, 0.2) is 0 Å². The average molecular weight is 215 g/mol. The van der Waals surface area contributed by atoms with E-state index < -0.39 is 0 Å². The van der Waals surface area contributed by atoms with Gasteiger partial charge in [-0.05, 0) is 32.0 Å². The molecule has 0 spiro atoms. The summed E-state index contributed by atoms with van der Waals surface area (Å²) in [5.41, 5.74) is 5.48. The Bertz CT molecular complexity index is 305. The van der Waals surface area contributed by atoms with Crippen molar-refractivity contribution in [2.75, 3.05) is 13.1 Å². The molecular weight excluding hydrogens is 200 g/mol. The fourth-order valence-electron chi connectivity index (χ4n) is 1.84. The number of halogens is 1. The minimum atomic E-state index is 0.374. The van der Waals surface area contributed by atoms with Crippen molar-refractivity contribution in [2.24, 2.45) is 5.73 Å². The Morgan fingerprint density at radius 2 is 2.14 bits per heavy atom. The van der Waals surface area contributed by atoms with Gasteiger partial charge in [0.2, 0.25) is 0 Å². The Balaban J connectivity index is 2.01. The third kappa shape index (κ3) is 2.11. The van der Waals surface area contributed by atoms with Gasteiger partial charge in [-0.3, -0.25) is 4.90 Å². The van der Waals surface area contributed by atoms with E-state index >= 15 is 0 Å². The molecule has 0 aromatic carbocycles. The monoisotopic (exact) mass is 214 g/mol. The Morgan fingerprint density at radius 3 is 2.71 bits per heavy atom. The van der Waals surface area contributed by atoms with E-state index in [-0.39, 0.29) is 0 Å². The van der Waals surface area contributed by atoms with E-state index in [1.807, 2.05) is 6.07 Å². The van der Waals surface area contributed by atoms with Crippen LogP contribution in [0.1, 0.15) is 24.4 Å². The number of likely N-dealkylation sites (tertiary alicyclic amines) is 1. The lowest BCUT2D eigenvalue weighted by Gasteiger charge is -2.11. The molecule has 0 unspecified atom stereocenters. The Hall–Kier alpha value is -0.510. The topological polar surface area (TPSA) is 42.4 Å². The highest BCUT2D eigenvalue weighted by molar-refractivity contribution is 6.31. The summed E-state index contributed by atoms with van der Waals surface area (Å²) in [5.74, 6) is 1.62. The lowest BCUT2D eigenvalue weighted by Crippen LogP contribution is -2.17. The van der Waals surface area contributed by atoms with E-state index in [0.29, 0.717) is 17.3 Å². The lowest BCUT2D eigenvalue weighted by molar-refractivity contribution is 0.293. The second-order valence-corrected chi connectivity index (χ2v) is 4.08. The zero-order chi connectivity index (χ0) is 9.97. The first-order chi connectivity index (χ1) is 6.79.